The summed E-state index contributed by atoms with van der Waals surface area (Å²) in [6.07, 6.45) is 5.20. The lowest BCUT2D eigenvalue weighted by Crippen LogP contribution is -2.44. The van der Waals surface area contributed by atoms with Crippen molar-refractivity contribution in [3.8, 4) is 67.2 Å². The van der Waals surface area contributed by atoms with Crippen LogP contribution in [-0.4, -0.2) is 0 Å². The Morgan fingerprint density at radius 3 is 1.19 bits per heavy atom. The molecule has 12 aromatic rings. The van der Waals surface area contributed by atoms with Gasteiger partial charge in [-0.15, -0.1) is 0 Å². The van der Waals surface area contributed by atoms with Gasteiger partial charge in [-0.2, -0.15) is 0 Å². The fraction of sp³-hybridized carbons (Fsp3) is 0.300. The highest BCUT2D eigenvalue weighted by atomic mass is 14.9. The average Bonchev–Trinajstić information content (AvgIpc) is 0.704. The molecule has 93 heavy (non-hydrogen) atoms. The first-order valence-corrected chi connectivity index (χ1v) is 33.1. The quantitative estimate of drug-likeness (QED) is 0.156. The van der Waals surface area contributed by atoms with Gasteiger partial charge in [0.25, 0.3) is 0 Å². The smallest absolute Gasteiger partial charge is 0.201 e. The Morgan fingerprint density at radius 1 is 0.290 bits per heavy atom. The van der Waals surface area contributed by atoms with Crippen molar-refractivity contribution in [3.63, 3.8) is 0 Å². The number of benzene rings is 9. The van der Waals surface area contributed by atoms with Crippen molar-refractivity contribution in [1.82, 2.24) is 0 Å². The molecular formula is C90H96N3+3. The van der Waals surface area contributed by atoms with Crippen LogP contribution in [0, 0.1) is 41.3 Å². The minimum Gasteiger partial charge on any atom is -0.201 e. The van der Waals surface area contributed by atoms with Crippen LogP contribution in [0.15, 0.2) is 201 Å². The summed E-state index contributed by atoms with van der Waals surface area (Å²) < 4.78 is 75.6. The molecule has 3 aliphatic carbocycles. The molecule has 0 saturated heterocycles. The number of hydrogen-bond acceptors (Lipinski definition) is 0. The van der Waals surface area contributed by atoms with Gasteiger partial charge in [0.15, 0.2) is 18.6 Å². The molecule has 0 N–H and O–H groups in total. The summed E-state index contributed by atoms with van der Waals surface area (Å²) in [4.78, 5) is 0. The first kappa shape index (κ1) is 52.7. The highest BCUT2D eigenvalue weighted by Gasteiger charge is 2.50. The largest absolute Gasteiger partial charge is 0.212 e. The highest BCUT2D eigenvalue weighted by Crippen LogP contribution is 2.60. The van der Waals surface area contributed by atoms with Gasteiger partial charge in [-0.1, -0.05) is 198 Å². The minimum absolute atomic E-state index is 0.0702. The molecule has 0 unspecified atom stereocenters. The van der Waals surface area contributed by atoms with Crippen LogP contribution in [0.2, 0.25) is 0 Å². The van der Waals surface area contributed by atoms with Crippen LogP contribution in [0.4, 0.5) is 0 Å². The molecular weight excluding hydrogens is 1120 g/mol. The lowest BCUT2D eigenvalue weighted by Gasteiger charge is -2.49. The number of nitrogens with zero attached hydrogens (tertiary/aromatic N) is 3. The zero-order valence-corrected chi connectivity index (χ0v) is 57.9. The predicted octanol–water partition coefficient (Wildman–Crippen LogP) is 21.6. The van der Waals surface area contributed by atoms with Crippen LogP contribution in [0.25, 0.3) is 99.5 Å². The third kappa shape index (κ3) is 9.75. The molecule has 0 radical (unpaired) electrons. The van der Waals surface area contributed by atoms with Gasteiger partial charge in [-0.05, 0) is 233 Å². The van der Waals surface area contributed by atoms with E-state index in [1.165, 1.54) is 116 Å². The van der Waals surface area contributed by atoms with Crippen LogP contribution in [-0.2, 0) is 53.6 Å². The van der Waals surface area contributed by atoms with E-state index in [-0.39, 0.29) is 32.5 Å². The first-order chi connectivity index (χ1) is 47.5. The van der Waals surface area contributed by atoms with E-state index in [0.29, 0.717) is 16.7 Å². The van der Waals surface area contributed by atoms with Crippen molar-refractivity contribution in [2.24, 2.45) is 21.1 Å². The summed E-state index contributed by atoms with van der Waals surface area (Å²) >= 11 is 0. The topological polar surface area (TPSA) is 11.6 Å². The lowest BCUT2D eigenvalue weighted by atomic mass is 9.54. The second-order valence-corrected chi connectivity index (χ2v) is 30.2. The van der Waals surface area contributed by atoms with Gasteiger partial charge >= 0.3 is 0 Å². The fourth-order valence-corrected chi connectivity index (χ4v) is 16.3. The van der Waals surface area contributed by atoms with Gasteiger partial charge < -0.3 is 0 Å². The number of aryl methyl sites for hydroxylation is 8. The average molecular weight is 1230 g/mol. The molecule has 0 atom stereocenters. The molecule has 9 aromatic carbocycles. The van der Waals surface area contributed by atoms with Gasteiger partial charge in [-0.3, -0.25) is 0 Å². The van der Waals surface area contributed by atoms with Gasteiger partial charge in [0.1, 0.15) is 21.1 Å². The molecule has 3 heteroatoms. The van der Waals surface area contributed by atoms with E-state index in [1.54, 1.807) is 36.8 Å². The van der Waals surface area contributed by atoms with Crippen molar-refractivity contribution in [3.05, 3.63) is 267 Å². The molecule has 3 aliphatic rings. The van der Waals surface area contributed by atoms with E-state index < -0.39 is 20.6 Å². The standard InChI is InChI=1S/3C30H32N/c1-19-12-17-26(31(7)18-19)22-15-16-24-25-14-13-21-10-8-9-11-23(21)28(25)30(5,6)29(3,4)27(24)20(22)2;1-19-12-15-27(31(7)18-19)23-17-26-24(16-20(23)2)28-22-11-9-8-10-21(22)13-14-25(28)29(3,4)30(26,5)6;1-19-12-13-28(31(7)18-19)23-17-27-24(14-20(23)2)25-15-21-10-8-9-11-22(21)16-26(25)29(3,4)30(27,5)6/h3*8-18H,1-7H3/q3*+1/i3*1D3. The van der Waals surface area contributed by atoms with Crippen LogP contribution in [0.5, 0.6) is 0 Å². The zero-order valence-electron chi connectivity index (χ0n) is 66.9. The van der Waals surface area contributed by atoms with Crippen molar-refractivity contribution in [2.75, 3.05) is 0 Å². The summed E-state index contributed by atoms with van der Waals surface area (Å²) in [5.74, 6) is 0. The monoisotopic (exact) mass is 1230 g/mol. The van der Waals surface area contributed by atoms with Crippen molar-refractivity contribution < 1.29 is 26.0 Å². The second-order valence-electron chi connectivity index (χ2n) is 30.2. The molecule has 0 amide bonds. The molecule has 3 heterocycles. The zero-order chi connectivity index (χ0) is 73.9. The summed E-state index contributed by atoms with van der Waals surface area (Å²) in [5, 5.41) is 7.71. The maximum absolute atomic E-state index is 7.76. The Bertz CT molecular complexity index is 5350. The molecule has 0 saturated carbocycles. The first-order valence-electron chi connectivity index (χ1n) is 37.6. The number of aromatic nitrogens is 3. The highest BCUT2D eigenvalue weighted by molar-refractivity contribution is 6.02. The van der Waals surface area contributed by atoms with Crippen molar-refractivity contribution in [2.45, 2.75) is 157 Å². The maximum Gasteiger partial charge on any atom is 0.212 e. The molecule has 3 nitrogen and oxygen atoms in total. The predicted molar refractivity (Wildman–Crippen MR) is 395 cm³/mol. The van der Waals surface area contributed by atoms with Crippen LogP contribution in [0.3, 0.4) is 0 Å². The van der Waals surface area contributed by atoms with Crippen LogP contribution >= 0.6 is 0 Å². The summed E-state index contributed by atoms with van der Waals surface area (Å²) in [6.45, 7) is 28.5. The molecule has 468 valence electrons. The Balaban J connectivity index is 0.000000137. The van der Waals surface area contributed by atoms with E-state index in [1.807, 2.05) is 53.0 Å². The van der Waals surface area contributed by atoms with E-state index in [2.05, 4.69) is 249 Å². The van der Waals surface area contributed by atoms with E-state index >= 15 is 0 Å². The fourth-order valence-electron chi connectivity index (χ4n) is 16.3. The summed E-state index contributed by atoms with van der Waals surface area (Å²) in [7, 11) is 5.79. The Labute approximate surface area is 568 Å². The number of hydrogen-bond donors (Lipinski definition) is 0. The van der Waals surface area contributed by atoms with Gasteiger partial charge in [0.2, 0.25) is 17.1 Å². The maximum atomic E-state index is 7.76. The van der Waals surface area contributed by atoms with E-state index in [0.717, 1.165) is 33.8 Å². The third-order valence-electron chi connectivity index (χ3n) is 23.6. The molecule has 3 aromatic heterocycles. The molecule has 0 bridgehead atoms. The summed E-state index contributed by atoms with van der Waals surface area (Å²) in [5.41, 5.74) is 26.8. The molecule has 0 fully saturated rings. The summed E-state index contributed by atoms with van der Waals surface area (Å²) in [6, 6.07) is 64.6. The van der Waals surface area contributed by atoms with Gasteiger partial charge in [0, 0.05) is 69.3 Å². The minimum atomic E-state index is -2.11. The number of rotatable bonds is 3. The van der Waals surface area contributed by atoms with Crippen LogP contribution in [0.1, 0.15) is 162 Å². The number of fused-ring (bicyclic) bond motifs is 14. The van der Waals surface area contributed by atoms with Crippen molar-refractivity contribution >= 4 is 32.3 Å². The molecule has 0 spiro atoms. The molecule has 15 rings (SSSR count). The van der Waals surface area contributed by atoms with E-state index in [9.17, 15) is 0 Å². The Morgan fingerprint density at radius 2 is 0.667 bits per heavy atom. The Kier molecular flexibility index (Phi) is 12.6. The SMILES string of the molecule is [2H]C([2H])([2H])c1ccc(-c2cc3c(cc2C)-c2c(ccc4ccccc24)C(C)(C)C3(C)C)[n+](C)c1.[2H]C([2H])([2H])c1ccc(-c2cc3c(cc2C)-c2cc4ccccc4cc2C(C)(C)C3(C)C)[n+](C)c1.[2H]C([2H])([2H])c1ccc(-c2ccc3c(c2C)C(C)(C)C(C)(C)c2c-3ccc3ccccc23)[n+](C)c1. The second kappa shape index (κ2) is 22.2. The molecule has 0 aliphatic heterocycles. The lowest BCUT2D eigenvalue weighted by molar-refractivity contribution is -0.660. The third-order valence-corrected chi connectivity index (χ3v) is 23.6. The van der Waals surface area contributed by atoms with E-state index in [4.69, 9.17) is 12.3 Å². The van der Waals surface area contributed by atoms with Gasteiger partial charge in [0.05, 0.1) is 0 Å². The van der Waals surface area contributed by atoms with Gasteiger partial charge in [-0.25, -0.2) is 13.7 Å². The Hall–Kier alpha value is -8.79. The number of pyridine rings is 3. The normalized spacial score (nSPS) is 17.9. The van der Waals surface area contributed by atoms with Crippen molar-refractivity contribution in [1.29, 1.82) is 0 Å². The van der Waals surface area contributed by atoms with Crippen LogP contribution < -0.4 is 13.7 Å².